The molecule has 1 aromatic heterocycles. The first-order valence-electron chi connectivity index (χ1n) is 9.84. The van der Waals surface area contributed by atoms with Crippen molar-refractivity contribution in [3.8, 4) is 11.6 Å². The minimum absolute atomic E-state index is 0.0396. The third kappa shape index (κ3) is 4.57. The Labute approximate surface area is 174 Å². The van der Waals surface area contributed by atoms with E-state index >= 15 is 0 Å². The first-order valence-corrected chi connectivity index (χ1v) is 10.2. The van der Waals surface area contributed by atoms with Crippen molar-refractivity contribution in [1.29, 1.82) is 0 Å². The van der Waals surface area contributed by atoms with Crippen LogP contribution in [0.2, 0.25) is 5.02 Å². The molecule has 154 valence electrons. The van der Waals surface area contributed by atoms with Gasteiger partial charge in [0.25, 0.3) is 5.91 Å². The number of carbonyl (C=O) groups excluding carboxylic acids is 1. The van der Waals surface area contributed by atoms with Crippen molar-refractivity contribution in [2.45, 2.75) is 18.9 Å². The maximum Gasteiger partial charge on any atom is 0.255 e. The van der Waals surface area contributed by atoms with Gasteiger partial charge in [-0.25, -0.2) is 4.98 Å². The first kappa shape index (κ1) is 19.8. The highest BCUT2D eigenvalue weighted by molar-refractivity contribution is 6.32. The normalized spacial score (nSPS) is 18.0. The van der Waals surface area contributed by atoms with Gasteiger partial charge in [0.2, 0.25) is 5.88 Å². The topological polar surface area (TPSA) is 75.1 Å². The largest absolute Gasteiger partial charge is 0.506 e. The molecule has 0 atom stereocenters. The number of aromatic nitrogens is 1. The number of ether oxygens (including phenoxy) is 2. The first-order chi connectivity index (χ1) is 14.1. The highest BCUT2D eigenvalue weighted by atomic mass is 35.5. The van der Waals surface area contributed by atoms with Crippen LogP contribution in [-0.2, 0) is 4.74 Å². The fraction of sp³-hybridized carbons (Fsp3) is 0.429. The third-order valence-electron chi connectivity index (χ3n) is 5.29. The summed E-state index contributed by atoms with van der Waals surface area (Å²) in [5.74, 6) is 0.511. The molecule has 0 radical (unpaired) electrons. The van der Waals surface area contributed by atoms with Crippen LogP contribution in [-0.4, -0.2) is 66.4 Å². The highest BCUT2D eigenvalue weighted by Crippen LogP contribution is 2.28. The van der Waals surface area contributed by atoms with Gasteiger partial charge in [0.05, 0.1) is 24.5 Å². The number of rotatable bonds is 4. The average molecular weight is 418 g/mol. The number of benzene rings is 1. The number of aromatic hydroxyl groups is 1. The third-order valence-corrected chi connectivity index (χ3v) is 5.56. The van der Waals surface area contributed by atoms with Gasteiger partial charge < -0.3 is 24.4 Å². The molecular weight excluding hydrogens is 394 g/mol. The number of anilines is 1. The molecule has 2 aliphatic heterocycles. The van der Waals surface area contributed by atoms with Gasteiger partial charge in [0, 0.05) is 45.2 Å². The zero-order chi connectivity index (χ0) is 20.2. The molecule has 0 bridgehead atoms. The molecule has 1 N–H and O–H groups in total. The van der Waals surface area contributed by atoms with E-state index in [1.54, 1.807) is 23.1 Å². The predicted molar refractivity (Wildman–Crippen MR) is 110 cm³/mol. The van der Waals surface area contributed by atoms with Crippen LogP contribution >= 0.6 is 11.6 Å². The summed E-state index contributed by atoms with van der Waals surface area (Å²) in [5, 5.41) is 10.4. The highest BCUT2D eigenvalue weighted by Gasteiger charge is 2.25. The molecule has 0 saturated carbocycles. The van der Waals surface area contributed by atoms with Gasteiger partial charge in [0.15, 0.2) is 0 Å². The van der Waals surface area contributed by atoms with Crippen molar-refractivity contribution in [2.75, 3.05) is 44.3 Å². The lowest BCUT2D eigenvalue weighted by molar-refractivity contribution is 0.0238. The Bertz CT molecular complexity index is 865. The minimum atomic E-state index is -0.103. The molecule has 2 aromatic rings. The number of hydrogen-bond acceptors (Lipinski definition) is 6. The van der Waals surface area contributed by atoms with Crippen LogP contribution in [0.25, 0.3) is 0 Å². The Kier molecular flexibility index (Phi) is 6.06. The number of piperazine rings is 1. The van der Waals surface area contributed by atoms with E-state index in [1.165, 1.54) is 6.20 Å². The number of phenols is 1. The SMILES string of the molecule is O=C(c1cnc(OC2CCOCC2)c(Cl)c1)N1CCN(c2ccccc2O)CC1. The molecule has 29 heavy (non-hydrogen) atoms. The number of amides is 1. The monoisotopic (exact) mass is 417 g/mol. The van der Waals surface area contributed by atoms with Crippen LogP contribution in [0.5, 0.6) is 11.6 Å². The van der Waals surface area contributed by atoms with E-state index in [0.717, 1.165) is 18.5 Å². The summed E-state index contributed by atoms with van der Waals surface area (Å²) < 4.78 is 11.2. The molecule has 8 heteroatoms. The summed E-state index contributed by atoms with van der Waals surface area (Å²) >= 11 is 6.33. The molecule has 2 fully saturated rings. The Morgan fingerprint density at radius 3 is 2.59 bits per heavy atom. The lowest BCUT2D eigenvalue weighted by Gasteiger charge is -2.36. The number of nitrogens with zero attached hydrogens (tertiary/aromatic N) is 3. The van der Waals surface area contributed by atoms with E-state index in [2.05, 4.69) is 9.88 Å². The van der Waals surface area contributed by atoms with E-state index in [9.17, 15) is 9.90 Å². The summed E-state index contributed by atoms with van der Waals surface area (Å²) in [6.07, 6.45) is 3.18. The number of carbonyl (C=O) groups is 1. The van der Waals surface area contributed by atoms with Gasteiger partial charge >= 0.3 is 0 Å². The molecule has 4 rings (SSSR count). The Morgan fingerprint density at radius 1 is 1.17 bits per heavy atom. The predicted octanol–water partition coefficient (Wildman–Crippen LogP) is 2.96. The van der Waals surface area contributed by atoms with Gasteiger partial charge in [-0.15, -0.1) is 0 Å². The molecule has 7 nitrogen and oxygen atoms in total. The lowest BCUT2D eigenvalue weighted by atomic mass is 10.1. The number of phenolic OH excluding ortho intramolecular Hbond substituents is 1. The number of pyridine rings is 1. The van der Waals surface area contributed by atoms with E-state index in [1.807, 2.05) is 12.1 Å². The van der Waals surface area contributed by atoms with E-state index in [4.69, 9.17) is 21.1 Å². The van der Waals surface area contributed by atoms with Crippen LogP contribution in [0, 0.1) is 0 Å². The fourth-order valence-corrected chi connectivity index (χ4v) is 3.86. The minimum Gasteiger partial charge on any atom is -0.506 e. The zero-order valence-corrected chi connectivity index (χ0v) is 16.8. The van der Waals surface area contributed by atoms with Gasteiger partial charge in [-0.2, -0.15) is 0 Å². The zero-order valence-electron chi connectivity index (χ0n) is 16.1. The maximum absolute atomic E-state index is 12.9. The summed E-state index contributed by atoms with van der Waals surface area (Å²) in [6, 6.07) is 8.87. The van der Waals surface area contributed by atoms with E-state index in [-0.39, 0.29) is 17.8 Å². The molecule has 2 aliphatic rings. The van der Waals surface area contributed by atoms with Crippen LogP contribution in [0.1, 0.15) is 23.2 Å². The van der Waals surface area contributed by atoms with Crippen molar-refractivity contribution in [2.24, 2.45) is 0 Å². The average Bonchev–Trinajstić information content (AvgIpc) is 2.76. The molecule has 1 aromatic carbocycles. The number of halogens is 1. The second kappa shape index (κ2) is 8.88. The summed E-state index contributed by atoms with van der Waals surface area (Å²) in [4.78, 5) is 21.0. The van der Waals surface area contributed by atoms with Gasteiger partial charge in [-0.3, -0.25) is 4.79 Å². The Balaban J connectivity index is 1.37. The van der Waals surface area contributed by atoms with Crippen molar-refractivity contribution in [1.82, 2.24) is 9.88 Å². The smallest absolute Gasteiger partial charge is 0.255 e. The second-order valence-corrected chi connectivity index (χ2v) is 7.62. The van der Waals surface area contributed by atoms with Gasteiger partial charge in [0.1, 0.15) is 16.9 Å². The summed E-state index contributed by atoms with van der Waals surface area (Å²) in [6.45, 7) is 3.76. The van der Waals surface area contributed by atoms with Gasteiger partial charge in [-0.1, -0.05) is 23.7 Å². The Hall–Kier alpha value is -2.51. The van der Waals surface area contributed by atoms with Crippen LogP contribution in [0.3, 0.4) is 0 Å². The summed E-state index contributed by atoms with van der Waals surface area (Å²) in [7, 11) is 0. The summed E-state index contributed by atoms with van der Waals surface area (Å²) in [5.41, 5.74) is 1.24. The molecule has 0 unspecified atom stereocenters. The molecular formula is C21H24ClN3O4. The standard InChI is InChI=1S/C21H24ClN3O4/c22-17-13-15(14-23-20(17)29-16-5-11-28-12-6-16)21(27)25-9-7-24(8-10-25)18-3-1-2-4-19(18)26/h1-4,13-14,16,26H,5-12H2. The van der Waals surface area contributed by atoms with Crippen LogP contribution < -0.4 is 9.64 Å². The van der Waals surface area contributed by atoms with Crippen molar-refractivity contribution >= 4 is 23.2 Å². The molecule has 2 saturated heterocycles. The lowest BCUT2D eigenvalue weighted by Crippen LogP contribution is -2.48. The molecule has 3 heterocycles. The van der Waals surface area contributed by atoms with Crippen molar-refractivity contribution in [3.05, 3.63) is 47.1 Å². The van der Waals surface area contributed by atoms with Crippen molar-refractivity contribution in [3.63, 3.8) is 0 Å². The van der Waals surface area contributed by atoms with Gasteiger partial charge in [-0.05, 0) is 18.2 Å². The van der Waals surface area contributed by atoms with Crippen molar-refractivity contribution < 1.29 is 19.4 Å². The number of hydrogen-bond donors (Lipinski definition) is 1. The van der Waals surface area contributed by atoms with E-state index in [0.29, 0.717) is 55.9 Å². The fourth-order valence-electron chi connectivity index (χ4n) is 3.65. The quantitative estimate of drug-likeness (QED) is 0.824. The van der Waals surface area contributed by atoms with E-state index < -0.39 is 0 Å². The van der Waals surface area contributed by atoms with Crippen LogP contribution in [0.15, 0.2) is 36.5 Å². The second-order valence-electron chi connectivity index (χ2n) is 7.21. The number of para-hydroxylation sites is 2. The maximum atomic E-state index is 12.9. The molecule has 1 amide bonds. The molecule has 0 spiro atoms. The molecule has 0 aliphatic carbocycles. The Morgan fingerprint density at radius 2 is 1.90 bits per heavy atom. The van der Waals surface area contributed by atoms with Crippen LogP contribution in [0.4, 0.5) is 5.69 Å².